The minimum Gasteiger partial charge on any atom is -0.481 e. The lowest BCUT2D eigenvalue weighted by Crippen LogP contribution is -2.30. The lowest BCUT2D eigenvalue weighted by atomic mass is 9.82. The van der Waals surface area contributed by atoms with Crippen molar-refractivity contribution >= 4 is 5.97 Å². The van der Waals surface area contributed by atoms with Crippen LogP contribution in [-0.2, 0) is 10.2 Å². The molecule has 0 bridgehead atoms. The molecule has 28 heavy (non-hydrogen) atoms. The average Bonchev–Trinajstić information content (AvgIpc) is 3.64. The molecule has 148 valence electrons. The van der Waals surface area contributed by atoms with Crippen LogP contribution in [0.2, 0.25) is 0 Å². The van der Waals surface area contributed by atoms with Gasteiger partial charge in [-0.2, -0.15) is 4.98 Å². The van der Waals surface area contributed by atoms with E-state index in [0.29, 0.717) is 30.7 Å². The Morgan fingerprint density at radius 1 is 1.18 bits per heavy atom. The molecule has 1 heterocycles. The van der Waals surface area contributed by atoms with Crippen molar-refractivity contribution in [1.82, 2.24) is 15.5 Å². The van der Waals surface area contributed by atoms with Crippen molar-refractivity contribution in [3.8, 4) is 0 Å². The first-order valence-electron chi connectivity index (χ1n) is 10.5. The van der Waals surface area contributed by atoms with Crippen molar-refractivity contribution < 1.29 is 14.4 Å². The Balaban J connectivity index is 1.17. The van der Waals surface area contributed by atoms with E-state index in [9.17, 15) is 4.79 Å². The molecule has 3 aliphatic carbocycles. The van der Waals surface area contributed by atoms with Gasteiger partial charge in [-0.3, -0.25) is 4.79 Å². The average molecular weight is 381 g/mol. The van der Waals surface area contributed by atoms with Gasteiger partial charge in [-0.05, 0) is 50.5 Å². The maximum absolute atomic E-state index is 11.1. The molecule has 1 aromatic heterocycles. The first-order valence-corrected chi connectivity index (χ1v) is 10.5. The van der Waals surface area contributed by atoms with Crippen LogP contribution in [0.4, 0.5) is 0 Å². The molecule has 5 rings (SSSR count). The zero-order chi connectivity index (χ0) is 19.1. The lowest BCUT2D eigenvalue weighted by Gasteiger charge is -2.23. The first-order chi connectivity index (χ1) is 13.6. The summed E-state index contributed by atoms with van der Waals surface area (Å²) in [6, 6.07) is 11.3. The van der Waals surface area contributed by atoms with Crippen LogP contribution >= 0.6 is 0 Å². The molecule has 0 aliphatic heterocycles. The summed E-state index contributed by atoms with van der Waals surface area (Å²) in [5.74, 6) is 1.50. The molecule has 0 radical (unpaired) electrons. The van der Waals surface area contributed by atoms with Gasteiger partial charge in [-0.25, -0.2) is 0 Å². The van der Waals surface area contributed by atoms with Crippen molar-refractivity contribution in [3.63, 3.8) is 0 Å². The van der Waals surface area contributed by atoms with Gasteiger partial charge < -0.3 is 14.9 Å². The van der Waals surface area contributed by atoms with Gasteiger partial charge in [-0.15, -0.1) is 0 Å². The van der Waals surface area contributed by atoms with E-state index in [-0.39, 0.29) is 17.3 Å². The maximum atomic E-state index is 11.1. The van der Waals surface area contributed by atoms with Gasteiger partial charge in [0.05, 0.1) is 5.92 Å². The van der Waals surface area contributed by atoms with E-state index >= 15 is 0 Å². The van der Waals surface area contributed by atoms with Crippen molar-refractivity contribution in [1.29, 1.82) is 0 Å². The van der Waals surface area contributed by atoms with Crippen LogP contribution in [0.1, 0.15) is 74.1 Å². The summed E-state index contributed by atoms with van der Waals surface area (Å²) in [5.41, 5.74) is 1.45. The molecule has 2 atom stereocenters. The van der Waals surface area contributed by atoms with E-state index in [4.69, 9.17) is 14.6 Å². The topological polar surface area (TPSA) is 88.2 Å². The predicted octanol–water partition coefficient (Wildman–Crippen LogP) is 3.61. The van der Waals surface area contributed by atoms with Gasteiger partial charge in [-0.1, -0.05) is 35.5 Å². The molecule has 3 saturated carbocycles. The number of carbonyl (C=O) groups is 1. The predicted molar refractivity (Wildman–Crippen MR) is 103 cm³/mol. The minimum absolute atomic E-state index is 0.0316. The summed E-state index contributed by atoms with van der Waals surface area (Å²) in [6.07, 6.45) is 6.46. The second-order valence-corrected chi connectivity index (χ2v) is 8.86. The summed E-state index contributed by atoms with van der Waals surface area (Å²) in [5, 5.41) is 17.2. The van der Waals surface area contributed by atoms with Crippen molar-refractivity contribution in [2.45, 2.75) is 68.2 Å². The fourth-order valence-corrected chi connectivity index (χ4v) is 4.65. The zero-order valence-electron chi connectivity index (χ0n) is 16.0. The van der Waals surface area contributed by atoms with Gasteiger partial charge in [0.15, 0.2) is 5.82 Å². The number of nitrogens with zero attached hydrogens (tertiary/aromatic N) is 2. The number of hydrogen-bond donors (Lipinski definition) is 2. The molecule has 2 aromatic rings. The van der Waals surface area contributed by atoms with E-state index in [0.717, 1.165) is 38.1 Å². The number of aromatic nitrogens is 2. The van der Waals surface area contributed by atoms with Crippen LogP contribution in [0.25, 0.3) is 0 Å². The number of nitrogens with one attached hydrogen (secondary N) is 1. The van der Waals surface area contributed by atoms with Crippen molar-refractivity contribution in [3.05, 3.63) is 47.6 Å². The summed E-state index contributed by atoms with van der Waals surface area (Å²) < 4.78 is 5.60. The monoisotopic (exact) mass is 381 g/mol. The molecule has 0 saturated heterocycles. The van der Waals surface area contributed by atoms with E-state index < -0.39 is 5.97 Å². The van der Waals surface area contributed by atoms with E-state index in [1.54, 1.807) is 0 Å². The highest BCUT2D eigenvalue weighted by Crippen LogP contribution is 2.48. The normalized spacial score (nSPS) is 30.7. The number of benzene rings is 1. The number of aliphatic carboxylic acids is 1. The zero-order valence-corrected chi connectivity index (χ0v) is 16.0. The Labute approximate surface area is 164 Å². The molecule has 0 amide bonds. The molecule has 6 nitrogen and oxygen atoms in total. The first kappa shape index (κ1) is 17.9. The fraction of sp³-hybridized carbons (Fsp3) is 0.591. The lowest BCUT2D eigenvalue weighted by molar-refractivity contribution is -0.142. The highest BCUT2D eigenvalue weighted by molar-refractivity contribution is 5.70. The van der Waals surface area contributed by atoms with Crippen molar-refractivity contribution in [2.75, 3.05) is 6.54 Å². The molecule has 1 aromatic carbocycles. The number of carboxylic acids is 1. The standard InChI is InChI=1S/C22H27N3O3/c26-20(27)16-8-6-15(7-9-16)19-24-21(25-28-19)22(10-11-22)13-23-18-12-17(18)14-4-2-1-3-5-14/h1-5,15-18,23H,6-13H2,(H,26,27)/t15-,16+,17-,18+/m1/s1. The third kappa shape index (κ3) is 3.46. The van der Waals surface area contributed by atoms with E-state index in [1.165, 1.54) is 12.0 Å². The molecular formula is C22H27N3O3. The van der Waals surface area contributed by atoms with E-state index in [2.05, 4.69) is 40.8 Å². The number of hydrogen-bond acceptors (Lipinski definition) is 5. The SMILES string of the molecule is O=C(O)[C@H]1CC[C@@H](c2nc(C3(CN[C@H]4C[C@@H]4c4ccccc4)CC3)no2)CC1. The molecule has 6 heteroatoms. The van der Waals surface area contributed by atoms with E-state index in [1.807, 2.05) is 0 Å². The Morgan fingerprint density at radius 2 is 1.93 bits per heavy atom. The second-order valence-electron chi connectivity index (χ2n) is 8.86. The molecule has 3 aliphatic rings. The molecule has 0 unspecified atom stereocenters. The minimum atomic E-state index is -0.679. The maximum Gasteiger partial charge on any atom is 0.306 e. The van der Waals surface area contributed by atoms with Crippen LogP contribution in [0.15, 0.2) is 34.9 Å². The van der Waals surface area contributed by atoms with Gasteiger partial charge in [0.1, 0.15) is 0 Å². The van der Waals surface area contributed by atoms with Gasteiger partial charge in [0, 0.05) is 29.8 Å². The Morgan fingerprint density at radius 3 is 2.61 bits per heavy atom. The van der Waals surface area contributed by atoms with Crippen LogP contribution in [0, 0.1) is 5.92 Å². The van der Waals surface area contributed by atoms with Crippen LogP contribution in [-0.4, -0.2) is 33.8 Å². The van der Waals surface area contributed by atoms with Crippen molar-refractivity contribution in [2.24, 2.45) is 5.92 Å². The fourth-order valence-electron chi connectivity index (χ4n) is 4.65. The molecule has 3 fully saturated rings. The smallest absolute Gasteiger partial charge is 0.306 e. The van der Waals surface area contributed by atoms with Crippen LogP contribution in [0.3, 0.4) is 0 Å². The van der Waals surface area contributed by atoms with Gasteiger partial charge in [0.2, 0.25) is 5.89 Å². The quantitative estimate of drug-likeness (QED) is 0.762. The number of carboxylic acid groups (broad SMARTS) is 1. The second kappa shape index (κ2) is 6.99. The Bertz CT molecular complexity index is 838. The Kier molecular flexibility index (Phi) is 4.46. The van der Waals surface area contributed by atoms with Crippen LogP contribution < -0.4 is 5.32 Å². The molecule has 0 spiro atoms. The molecule has 2 N–H and O–H groups in total. The summed E-state index contributed by atoms with van der Waals surface area (Å²) in [4.78, 5) is 15.9. The largest absolute Gasteiger partial charge is 0.481 e. The third-order valence-electron chi connectivity index (χ3n) is 6.92. The summed E-state index contributed by atoms with van der Waals surface area (Å²) in [7, 11) is 0. The summed E-state index contributed by atoms with van der Waals surface area (Å²) in [6.45, 7) is 0.908. The Hall–Kier alpha value is -2.21. The van der Waals surface area contributed by atoms with Gasteiger partial charge in [0.25, 0.3) is 0 Å². The number of rotatable bonds is 7. The molecular weight excluding hydrogens is 354 g/mol. The van der Waals surface area contributed by atoms with Gasteiger partial charge >= 0.3 is 5.97 Å². The van der Waals surface area contributed by atoms with Crippen LogP contribution in [0.5, 0.6) is 0 Å². The highest BCUT2D eigenvalue weighted by Gasteiger charge is 2.50. The third-order valence-corrected chi connectivity index (χ3v) is 6.92. The summed E-state index contributed by atoms with van der Waals surface area (Å²) >= 11 is 0. The highest BCUT2D eigenvalue weighted by atomic mass is 16.5.